The highest BCUT2D eigenvalue weighted by atomic mass is 28.3. The average molecular weight is 427 g/mol. The molecule has 0 bridgehead atoms. The van der Waals surface area contributed by atoms with Crippen LogP contribution in [0.4, 0.5) is 13.2 Å². The molecule has 1 aliphatic heterocycles. The molecule has 164 valence electrons. The Morgan fingerprint density at radius 2 is 1.52 bits per heavy atom. The summed E-state index contributed by atoms with van der Waals surface area (Å²) < 4.78 is 40.5. The van der Waals surface area contributed by atoms with E-state index in [1.807, 2.05) is 0 Å². The van der Waals surface area contributed by atoms with Crippen LogP contribution in [-0.2, 0) is 6.42 Å². The van der Waals surface area contributed by atoms with Gasteiger partial charge in [-0.2, -0.15) is 0 Å². The van der Waals surface area contributed by atoms with Crippen LogP contribution in [0.3, 0.4) is 0 Å². The Labute approximate surface area is 176 Å². The lowest BCUT2D eigenvalue weighted by Crippen LogP contribution is -2.28. The fraction of sp³-hybridized carbons (Fsp3) is 0.750. The Hall–Kier alpha value is -0.973. The molecular formula is C24H37F3OSi. The third-order valence-corrected chi connectivity index (χ3v) is 11.0. The highest BCUT2D eigenvalue weighted by Crippen LogP contribution is 2.41. The molecule has 0 amide bonds. The number of ether oxygens (including phenoxy) is 1. The first-order valence-corrected chi connectivity index (χ1v) is 14.2. The van der Waals surface area contributed by atoms with Gasteiger partial charge in [0.25, 0.3) is 0 Å². The van der Waals surface area contributed by atoms with Crippen LogP contribution in [0.25, 0.3) is 0 Å². The minimum atomic E-state index is -4.61. The molecule has 1 saturated carbocycles. The van der Waals surface area contributed by atoms with E-state index < -0.39 is 6.36 Å². The van der Waals surface area contributed by atoms with Crippen LogP contribution >= 0.6 is 0 Å². The predicted octanol–water partition coefficient (Wildman–Crippen LogP) is 7.76. The lowest BCUT2D eigenvalue weighted by molar-refractivity contribution is -0.274. The van der Waals surface area contributed by atoms with Crippen LogP contribution in [0.15, 0.2) is 24.3 Å². The Bertz CT molecular complexity index is 585. The van der Waals surface area contributed by atoms with Gasteiger partial charge in [-0.1, -0.05) is 75.7 Å². The fourth-order valence-electron chi connectivity index (χ4n) is 5.64. The molecule has 1 aliphatic carbocycles. The molecule has 1 nitrogen and oxygen atoms in total. The quantitative estimate of drug-likeness (QED) is 0.305. The molecule has 3 rings (SSSR count). The third-order valence-electron chi connectivity index (χ3n) is 7.51. The van der Waals surface area contributed by atoms with Crippen LogP contribution in [0.5, 0.6) is 5.75 Å². The summed E-state index contributed by atoms with van der Waals surface area (Å²) in [5.74, 6) is 2.81. The van der Waals surface area contributed by atoms with Crippen LogP contribution in [-0.4, -0.2) is 15.2 Å². The zero-order chi connectivity index (χ0) is 20.7. The summed E-state index contributed by atoms with van der Waals surface area (Å²) in [6.07, 6.45) is 8.79. The van der Waals surface area contributed by atoms with E-state index in [-0.39, 0.29) is 14.5 Å². The van der Waals surface area contributed by atoms with Gasteiger partial charge < -0.3 is 4.74 Å². The zero-order valence-corrected chi connectivity index (χ0v) is 19.0. The summed E-state index contributed by atoms with van der Waals surface area (Å²) in [4.78, 5) is 0. The van der Waals surface area contributed by atoms with Crippen molar-refractivity contribution >= 4 is 8.80 Å². The van der Waals surface area contributed by atoms with Crippen molar-refractivity contribution in [2.24, 2.45) is 17.8 Å². The van der Waals surface area contributed by atoms with Crippen LogP contribution < -0.4 is 4.74 Å². The van der Waals surface area contributed by atoms with Gasteiger partial charge in [0.2, 0.25) is 0 Å². The van der Waals surface area contributed by atoms with Crippen molar-refractivity contribution < 1.29 is 17.9 Å². The van der Waals surface area contributed by atoms with E-state index in [0.717, 1.165) is 36.2 Å². The first-order chi connectivity index (χ1) is 13.9. The number of unbranched alkanes of at least 4 members (excludes halogenated alkanes) is 1. The summed E-state index contributed by atoms with van der Waals surface area (Å²) in [6, 6.07) is 11.0. The molecular weight excluding hydrogens is 389 g/mol. The van der Waals surface area contributed by atoms with Gasteiger partial charge in [-0.3, -0.25) is 0 Å². The van der Waals surface area contributed by atoms with Crippen molar-refractivity contribution in [2.75, 3.05) is 0 Å². The van der Waals surface area contributed by atoms with Crippen molar-refractivity contribution in [3.8, 4) is 5.75 Å². The van der Waals surface area contributed by atoms with Gasteiger partial charge in [-0.05, 0) is 61.1 Å². The van der Waals surface area contributed by atoms with E-state index in [4.69, 9.17) is 0 Å². The standard InChI is InChI=1S/C24H37F3OSi/c1-2-29-17-15-22(16-18-29)21-11-7-19(8-12-21)5-3-4-6-20-9-13-23(14-10-20)28-24(25,26)27/h9-10,13-14,19,21-22,29H,2-8,11-12,15-18H2,1H3/t19-,21-,22?,29?. The Kier molecular flexibility index (Phi) is 8.52. The second-order valence-electron chi connectivity index (χ2n) is 9.41. The number of aryl methyl sites for hydroxylation is 1. The Morgan fingerprint density at radius 1 is 0.897 bits per heavy atom. The summed E-state index contributed by atoms with van der Waals surface area (Å²) in [7, 11) is -0.325. The first kappa shape index (κ1) is 22.7. The molecule has 5 heteroatoms. The van der Waals surface area contributed by atoms with Crippen molar-refractivity contribution in [2.45, 2.75) is 95.6 Å². The van der Waals surface area contributed by atoms with Gasteiger partial charge in [0.05, 0.1) is 0 Å². The van der Waals surface area contributed by atoms with E-state index in [1.54, 1.807) is 24.2 Å². The third kappa shape index (κ3) is 7.65. The summed E-state index contributed by atoms with van der Waals surface area (Å²) in [5.41, 5.74) is 1.09. The highest BCUT2D eigenvalue weighted by Gasteiger charge is 2.31. The summed E-state index contributed by atoms with van der Waals surface area (Å²) >= 11 is 0. The summed E-state index contributed by atoms with van der Waals surface area (Å²) in [6.45, 7) is 2.40. The van der Waals surface area contributed by atoms with Crippen molar-refractivity contribution in [1.82, 2.24) is 0 Å². The molecule has 2 fully saturated rings. The number of hydrogen-bond donors (Lipinski definition) is 0. The van der Waals surface area contributed by atoms with Gasteiger partial charge in [-0.25, -0.2) is 0 Å². The lowest BCUT2D eigenvalue weighted by Gasteiger charge is -2.37. The van der Waals surface area contributed by atoms with Crippen LogP contribution in [0.1, 0.15) is 70.3 Å². The van der Waals surface area contributed by atoms with Crippen molar-refractivity contribution in [3.05, 3.63) is 29.8 Å². The average Bonchev–Trinajstić information content (AvgIpc) is 2.72. The molecule has 1 saturated heterocycles. The maximum atomic E-state index is 12.2. The largest absolute Gasteiger partial charge is 0.573 e. The molecule has 0 unspecified atom stereocenters. The Balaban J connectivity index is 1.28. The normalized spacial score (nSPS) is 28.3. The molecule has 1 aromatic rings. The molecule has 0 radical (unpaired) electrons. The fourth-order valence-corrected chi connectivity index (χ4v) is 8.54. The lowest BCUT2D eigenvalue weighted by atomic mass is 9.73. The molecule has 0 atom stereocenters. The second-order valence-corrected chi connectivity index (χ2v) is 13.1. The minimum absolute atomic E-state index is 0.136. The number of hydrogen-bond acceptors (Lipinski definition) is 1. The van der Waals surface area contributed by atoms with E-state index in [9.17, 15) is 13.2 Å². The minimum Gasteiger partial charge on any atom is -0.406 e. The maximum absolute atomic E-state index is 12.2. The molecule has 0 N–H and O–H groups in total. The first-order valence-electron chi connectivity index (χ1n) is 11.8. The number of halogens is 3. The molecule has 1 heterocycles. The molecule has 29 heavy (non-hydrogen) atoms. The molecule has 2 aliphatic rings. The predicted molar refractivity (Wildman–Crippen MR) is 116 cm³/mol. The van der Waals surface area contributed by atoms with Gasteiger partial charge in [-0.15, -0.1) is 13.2 Å². The van der Waals surface area contributed by atoms with Crippen molar-refractivity contribution in [1.29, 1.82) is 0 Å². The van der Waals surface area contributed by atoms with Crippen LogP contribution in [0, 0.1) is 17.8 Å². The molecule has 0 spiro atoms. The SMILES string of the molecule is CC[SiH]1CCC([C@H]2CC[C@H](CCCCc3ccc(OC(F)(F)F)cc3)CC2)CC1. The Morgan fingerprint density at radius 3 is 2.10 bits per heavy atom. The summed E-state index contributed by atoms with van der Waals surface area (Å²) in [5, 5.41) is 0. The van der Waals surface area contributed by atoms with Gasteiger partial charge in [0.15, 0.2) is 0 Å². The van der Waals surface area contributed by atoms with E-state index in [0.29, 0.717) is 0 Å². The number of rotatable bonds is 8. The highest BCUT2D eigenvalue weighted by molar-refractivity contribution is 6.58. The van der Waals surface area contributed by atoms with Gasteiger partial charge in [0, 0.05) is 8.80 Å². The van der Waals surface area contributed by atoms with Crippen LogP contribution in [0.2, 0.25) is 18.1 Å². The topological polar surface area (TPSA) is 9.23 Å². The maximum Gasteiger partial charge on any atom is 0.573 e. The molecule has 0 aromatic heterocycles. The van der Waals surface area contributed by atoms with E-state index in [2.05, 4.69) is 11.7 Å². The number of alkyl halides is 3. The monoisotopic (exact) mass is 426 g/mol. The van der Waals surface area contributed by atoms with E-state index in [1.165, 1.54) is 69.5 Å². The second kappa shape index (κ2) is 10.9. The molecule has 1 aromatic carbocycles. The van der Waals surface area contributed by atoms with E-state index >= 15 is 0 Å². The zero-order valence-electron chi connectivity index (χ0n) is 17.9. The number of benzene rings is 1. The van der Waals surface area contributed by atoms with Gasteiger partial charge >= 0.3 is 6.36 Å². The smallest absolute Gasteiger partial charge is 0.406 e. The van der Waals surface area contributed by atoms with Crippen molar-refractivity contribution in [3.63, 3.8) is 0 Å². The van der Waals surface area contributed by atoms with Gasteiger partial charge in [0.1, 0.15) is 5.75 Å².